The third kappa shape index (κ3) is 5.48. The van der Waals surface area contributed by atoms with E-state index in [1.54, 1.807) is 12.1 Å². The molecule has 2 aromatic carbocycles. The van der Waals surface area contributed by atoms with Crippen molar-refractivity contribution in [2.75, 3.05) is 14.1 Å². The van der Waals surface area contributed by atoms with Crippen molar-refractivity contribution in [3.8, 4) is 0 Å². The van der Waals surface area contributed by atoms with Gasteiger partial charge >= 0.3 is 0 Å². The Hall–Kier alpha value is -2.13. The maximum absolute atomic E-state index is 13.0. The molecule has 0 unspecified atom stereocenters. The van der Waals surface area contributed by atoms with Gasteiger partial charge < -0.3 is 5.32 Å². The first-order valence-electron chi connectivity index (χ1n) is 8.93. The van der Waals surface area contributed by atoms with Crippen LogP contribution < -0.4 is 5.32 Å². The van der Waals surface area contributed by atoms with E-state index in [-0.39, 0.29) is 16.7 Å². The van der Waals surface area contributed by atoms with Gasteiger partial charge in [0.2, 0.25) is 5.91 Å². The maximum atomic E-state index is 13.0. The predicted octanol–water partition coefficient (Wildman–Crippen LogP) is 4.15. The number of benzene rings is 2. The number of carbonyl (C=O) groups excluding carboxylic acids is 1. The van der Waals surface area contributed by atoms with Gasteiger partial charge in [0.15, 0.2) is 0 Å². The van der Waals surface area contributed by atoms with E-state index in [1.165, 1.54) is 41.5 Å². The lowest BCUT2D eigenvalue weighted by molar-refractivity contribution is -0.120. The number of thiophene rings is 1. The average Bonchev–Trinajstić information content (AvgIpc) is 3.21. The number of hydrogen-bond donors (Lipinski definition) is 1. The predicted molar refractivity (Wildman–Crippen MR) is 119 cm³/mol. The van der Waals surface area contributed by atoms with Crippen molar-refractivity contribution in [2.24, 2.45) is 0 Å². The summed E-state index contributed by atoms with van der Waals surface area (Å²) < 4.78 is 25.9. The van der Waals surface area contributed by atoms with Gasteiger partial charge in [-0.3, -0.25) is 4.79 Å². The molecule has 0 bridgehead atoms. The molecular weight excluding hydrogens is 424 g/mol. The van der Waals surface area contributed by atoms with Crippen LogP contribution >= 0.6 is 23.1 Å². The number of rotatable bonds is 8. The highest BCUT2D eigenvalue weighted by atomic mass is 32.2. The normalized spacial score (nSPS) is 12.7. The molecule has 29 heavy (non-hydrogen) atoms. The quantitative estimate of drug-likeness (QED) is 0.528. The highest BCUT2D eigenvalue weighted by Gasteiger charge is 2.23. The number of carbonyl (C=O) groups is 1. The third-order valence-corrected chi connectivity index (χ3v) is 8.78. The van der Waals surface area contributed by atoms with Crippen LogP contribution in [0.3, 0.4) is 0 Å². The first-order chi connectivity index (χ1) is 13.9. The molecule has 0 aliphatic heterocycles. The standard InChI is InChI=1S/C21H22N2O3S3/c1-23(2)29(25,26)19-14-13-18(27-19)15-22-21(24)20(16-9-5-3-6-10-16)28-17-11-7-4-8-12-17/h3-14,20H,15H2,1-2H3,(H,22,24)/t20-/m0/s1. The smallest absolute Gasteiger partial charge is 0.252 e. The SMILES string of the molecule is CN(C)S(=O)(=O)c1ccc(CNC(=O)[C@@H](Sc2ccccc2)c2ccccc2)s1. The molecule has 0 aliphatic carbocycles. The highest BCUT2D eigenvalue weighted by molar-refractivity contribution is 8.00. The summed E-state index contributed by atoms with van der Waals surface area (Å²) in [5.41, 5.74) is 0.918. The second kappa shape index (κ2) is 9.58. The summed E-state index contributed by atoms with van der Waals surface area (Å²) >= 11 is 2.66. The molecule has 3 rings (SSSR count). The number of amides is 1. The summed E-state index contributed by atoms with van der Waals surface area (Å²) in [4.78, 5) is 14.8. The minimum atomic E-state index is -3.46. The van der Waals surface area contributed by atoms with E-state index in [1.807, 2.05) is 60.7 Å². The van der Waals surface area contributed by atoms with Crippen molar-refractivity contribution in [1.29, 1.82) is 0 Å². The molecule has 1 N–H and O–H groups in total. The molecule has 1 heterocycles. The summed E-state index contributed by atoms with van der Waals surface area (Å²) in [6.07, 6.45) is 0. The summed E-state index contributed by atoms with van der Waals surface area (Å²) in [5, 5.41) is 2.55. The largest absolute Gasteiger partial charge is 0.350 e. The summed E-state index contributed by atoms with van der Waals surface area (Å²) in [5.74, 6) is -0.115. The van der Waals surface area contributed by atoms with Crippen LogP contribution in [0.1, 0.15) is 15.7 Å². The van der Waals surface area contributed by atoms with Gasteiger partial charge in [0.25, 0.3) is 10.0 Å². The topological polar surface area (TPSA) is 66.5 Å². The second-order valence-corrected chi connectivity index (χ2v) is 11.2. The molecule has 0 saturated heterocycles. The number of nitrogens with one attached hydrogen (secondary N) is 1. The average molecular weight is 447 g/mol. The number of thioether (sulfide) groups is 1. The van der Waals surface area contributed by atoms with E-state index < -0.39 is 15.3 Å². The van der Waals surface area contributed by atoms with Gasteiger partial charge in [0.05, 0.1) is 6.54 Å². The lowest BCUT2D eigenvalue weighted by atomic mass is 10.1. The van der Waals surface area contributed by atoms with Crippen LogP contribution in [0.25, 0.3) is 0 Å². The Morgan fingerprint density at radius 2 is 1.62 bits per heavy atom. The van der Waals surface area contributed by atoms with E-state index in [2.05, 4.69) is 5.32 Å². The van der Waals surface area contributed by atoms with Gasteiger partial charge in [-0.2, -0.15) is 0 Å². The molecule has 0 radical (unpaired) electrons. The number of sulfonamides is 1. The molecule has 0 fully saturated rings. The molecule has 1 amide bonds. The summed E-state index contributed by atoms with van der Waals surface area (Å²) in [7, 11) is -0.456. The van der Waals surface area contributed by atoms with Crippen molar-refractivity contribution in [3.05, 3.63) is 83.2 Å². The molecule has 1 aromatic heterocycles. The first kappa shape index (κ1) is 21.6. The molecule has 152 valence electrons. The van der Waals surface area contributed by atoms with Crippen molar-refractivity contribution in [3.63, 3.8) is 0 Å². The molecule has 0 aliphatic rings. The Morgan fingerprint density at radius 1 is 1.00 bits per heavy atom. The van der Waals surface area contributed by atoms with Gasteiger partial charge in [0.1, 0.15) is 9.46 Å². The molecule has 3 aromatic rings. The Labute approximate surface area is 179 Å². The zero-order chi connectivity index (χ0) is 20.9. The summed E-state index contributed by atoms with van der Waals surface area (Å²) in [6, 6.07) is 22.7. The van der Waals surface area contributed by atoms with Gasteiger partial charge in [-0.1, -0.05) is 48.5 Å². The molecule has 5 nitrogen and oxygen atoms in total. The molecule has 0 spiro atoms. The lowest BCUT2D eigenvalue weighted by Gasteiger charge is -2.17. The Morgan fingerprint density at radius 3 is 2.24 bits per heavy atom. The van der Waals surface area contributed by atoms with Crippen LogP contribution in [-0.2, 0) is 21.4 Å². The van der Waals surface area contributed by atoms with Crippen LogP contribution in [0.4, 0.5) is 0 Å². The van der Waals surface area contributed by atoms with Crippen LogP contribution in [0, 0.1) is 0 Å². The van der Waals surface area contributed by atoms with Crippen molar-refractivity contribution in [2.45, 2.75) is 20.9 Å². The minimum Gasteiger partial charge on any atom is -0.350 e. The van der Waals surface area contributed by atoms with Gasteiger partial charge in [-0.05, 0) is 29.8 Å². The van der Waals surface area contributed by atoms with Crippen molar-refractivity contribution >= 4 is 39.0 Å². The van der Waals surface area contributed by atoms with E-state index in [9.17, 15) is 13.2 Å². The van der Waals surface area contributed by atoms with E-state index in [0.717, 1.165) is 15.3 Å². The van der Waals surface area contributed by atoms with E-state index in [4.69, 9.17) is 0 Å². The number of nitrogens with zero attached hydrogens (tertiary/aromatic N) is 1. The third-order valence-electron chi connectivity index (χ3n) is 4.15. The van der Waals surface area contributed by atoms with Crippen LogP contribution in [0.5, 0.6) is 0 Å². The summed E-state index contributed by atoms with van der Waals surface area (Å²) in [6.45, 7) is 0.283. The lowest BCUT2D eigenvalue weighted by Crippen LogP contribution is -2.27. The van der Waals surface area contributed by atoms with Crippen LogP contribution in [-0.4, -0.2) is 32.7 Å². The zero-order valence-electron chi connectivity index (χ0n) is 16.1. The van der Waals surface area contributed by atoms with Gasteiger partial charge in [-0.15, -0.1) is 23.1 Å². The van der Waals surface area contributed by atoms with Crippen LogP contribution in [0.2, 0.25) is 0 Å². The van der Waals surface area contributed by atoms with E-state index >= 15 is 0 Å². The minimum absolute atomic E-state index is 0.115. The molecule has 1 atom stereocenters. The molecular formula is C21H22N2O3S3. The highest BCUT2D eigenvalue weighted by Crippen LogP contribution is 2.35. The monoisotopic (exact) mass is 446 g/mol. The Kier molecular flexibility index (Phi) is 7.13. The van der Waals surface area contributed by atoms with Crippen LogP contribution in [0.15, 0.2) is 81.9 Å². The van der Waals surface area contributed by atoms with Crippen molar-refractivity contribution in [1.82, 2.24) is 9.62 Å². The molecule has 8 heteroatoms. The Bertz CT molecular complexity index is 1050. The van der Waals surface area contributed by atoms with E-state index in [0.29, 0.717) is 0 Å². The fourth-order valence-corrected chi connectivity index (χ4v) is 6.11. The molecule has 0 saturated carbocycles. The maximum Gasteiger partial charge on any atom is 0.252 e. The van der Waals surface area contributed by atoms with Crippen molar-refractivity contribution < 1.29 is 13.2 Å². The number of hydrogen-bond acceptors (Lipinski definition) is 5. The van der Waals surface area contributed by atoms with Gasteiger partial charge in [-0.25, -0.2) is 12.7 Å². The van der Waals surface area contributed by atoms with Gasteiger partial charge in [0, 0.05) is 23.9 Å². The first-order valence-corrected chi connectivity index (χ1v) is 12.1. The fourth-order valence-electron chi connectivity index (χ4n) is 2.57. The Balaban J connectivity index is 1.73. The zero-order valence-corrected chi connectivity index (χ0v) is 18.6. The second-order valence-electron chi connectivity index (χ2n) is 6.45. The fraction of sp³-hybridized carbons (Fsp3) is 0.190.